The van der Waals surface area contributed by atoms with E-state index in [1.165, 1.54) is 0 Å². The van der Waals surface area contributed by atoms with E-state index in [1.807, 2.05) is 47.4 Å². The maximum atomic E-state index is 12.5. The molecular formula is C21H21N3O. The highest BCUT2D eigenvalue weighted by molar-refractivity contribution is 5.79. The molecule has 4 nitrogen and oxygen atoms in total. The standard InChI is InChI=1S/C21H21N3O/c25-20(15-16-5-2-1-3-6-16)24-13-10-17(11-14-24)19-9-8-18-7-4-12-22-21(18)23-19/h1-9,12,17H,10-11,13-15H2. The van der Waals surface area contributed by atoms with Gasteiger partial charge < -0.3 is 4.90 Å². The van der Waals surface area contributed by atoms with Crippen molar-refractivity contribution in [3.63, 3.8) is 0 Å². The van der Waals surface area contributed by atoms with Crippen molar-refractivity contribution >= 4 is 16.9 Å². The fraction of sp³-hybridized carbons (Fsp3) is 0.286. The number of hydrogen-bond acceptors (Lipinski definition) is 3. The molecule has 1 saturated heterocycles. The molecule has 0 N–H and O–H groups in total. The average molecular weight is 331 g/mol. The molecule has 25 heavy (non-hydrogen) atoms. The monoisotopic (exact) mass is 331 g/mol. The van der Waals surface area contributed by atoms with Crippen LogP contribution in [0.5, 0.6) is 0 Å². The second kappa shape index (κ2) is 7.01. The smallest absolute Gasteiger partial charge is 0.226 e. The Kier molecular flexibility index (Phi) is 4.42. The number of carbonyl (C=O) groups is 1. The number of hydrogen-bond donors (Lipinski definition) is 0. The number of fused-ring (bicyclic) bond motifs is 1. The first-order valence-electron chi connectivity index (χ1n) is 8.83. The van der Waals surface area contributed by atoms with Gasteiger partial charge in [-0.3, -0.25) is 4.79 Å². The van der Waals surface area contributed by atoms with Crippen LogP contribution in [0.4, 0.5) is 0 Å². The van der Waals surface area contributed by atoms with Crippen molar-refractivity contribution in [1.29, 1.82) is 0 Å². The van der Waals surface area contributed by atoms with E-state index in [-0.39, 0.29) is 5.91 Å². The van der Waals surface area contributed by atoms with Crippen molar-refractivity contribution in [3.05, 3.63) is 72.1 Å². The highest BCUT2D eigenvalue weighted by Gasteiger charge is 2.24. The van der Waals surface area contributed by atoms with Gasteiger partial charge in [-0.2, -0.15) is 0 Å². The van der Waals surface area contributed by atoms with E-state index in [0.717, 1.165) is 48.2 Å². The Morgan fingerprint density at radius 3 is 2.60 bits per heavy atom. The summed E-state index contributed by atoms with van der Waals surface area (Å²) >= 11 is 0. The lowest BCUT2D eigenvalue weighted by Crippen LogP contribution is -2.38. The van der Waals surface area contributed by atoms with Crippen LogP contribution < -0.4 is 0 Å². The summed E-state index contributed by atoms with van der Waals surface area (Å²) in [5, 5.41) is 1.07. The molecule has 3 heterocycles. The van der Waals surface area contributed by atoms with E-state index in [2.05, 4.69) is 17.1 Å². The van der Waals surface area contributed by atoms with Crippen molar-refractivity contribution in [2.45, 2.75) is 25.2 Å². The number of piperidine rings is 1. The zero-order chi connectivity index (χ0) is 17.1. The molecule has 126 valence electrons. The molecule has 1 amide bonds. The van der Waals surface area contributed by atoms with Gasteiger partial charge in [-0.1, -0.05) is 30.3 Å². The van der Waals surface area contributed by atoms with Gasteiger partial charge >= 0.3 is 0 Å². The van der Waals surface area contributed by atoms with E-state index in [1.54, 1.807) is 6.20 Å². The SMILES string of the molecule is O=C(Cc1ccccc1)N1CCC(c2ccc3cccnc3n2)CC1. The third kappa shape index (κ3) is 3.53. The Morgan fingerprint density at radius 2 is 1.80 bits per heavy atom. The molecule has 1 aliphatic heterocycles. The number of pyridine rings is 2. The maximum absolute atomic E-state index is 12.5. The Labute approximate surface area is 147 Å². The molecule has 1 fully saturated rings. The summed E-state index contributed by atoms with van der Waals surface area (Å²) in [7, 11) is 0. The summed E-state index contributed by atoms with van der Waals surface area (Å²) < 4.78 is 0. The lowest BCUT2D eigenvalue weighted by atomic mass is 9.92. The van der Waals surface area contributed by atoms with Gasteiger partial charge in [0.15, 0.2) is 5.65 Å². The Balaban J connectivity index is 1.39. The summed E-state index contributed by atoms with van der Waals surface area (Å²) in [5.74, 6) is 0.630. The van der Waals surface area contributed by atoms with E-state index >= 15 is 0 Å². The van der Waals surface area contributed by atoms with Crippen molar-refractivity contribution in [1.82, 2.24) is 14.9 Å². The summed E-state index contributed by atoms with van der Waals surface area (Å²) in [6.45, 7) is 1.61. The average Bonchev–Trinajstić information content (AvgIpc) is 2.68. The third-order valence-electron chi connectivity index (χ3n) is 4.95. The zero-order valence-electron chi connectivity index (χ0n) is 14.1. The van der Waals surface area contributed by atoms with Crippen LogP contribution in [0, 0.1) is 0 Å². The molecule has 2 aromatic heterocycles. The van der Waals surface area contributed by atoms with Crippen molar-refractivity contribution in [2.24, 2.45) is 0 Å². The van der Waals surface area contributed by atoms with Crippen molar-refractivity contribution in [2.75, 3.05) is 13.1 Å². The van der Waals surface area contributed by atoms with Gasteiger partial charge in [0, 0.05) is 36.3 Å². The highest BCUT2D eigenvalue weighted by atomic mass is 16.2. The van der Waals surface area contributed by atoms with Crippen molar-refractivity contribution in [3.8, 4) is 0 Å². The van der Waals surface area contributed by atoms with Gasteiger partial charge in [-0.15, -0.1) is 0 Å². The first kappa shape index (κ1) is 15.8. The first-order valence-corrected chi connectivity index (χ1v) is 8.83. The van der Waals surface area contributed by atoms with Crippen molar-refractivity contribution < 1.29 is 4.79 Å². The summed E-state index contributed by atoms with van der Waals surface area (Å²) in [6, 6.07) is 18.1. The minimum atomic E-state index is 0.220. The van der Waals surface area contributed by atoms with Crippen LogP contribution in [-0.2, 0) is 11.2 Å². The predicted octanol–water partition coefficient (Wildman–Crippen LogP) is 3.58. The lowest BCUT2D eigenvalue weighted by Gasteiger charge is -2.32. The van der Waals surface area contributed by atoms with Crippen LogP contribution in [0.1, 0.15) is 30.0 Å². The predicted molar refractivity (Wildman–Crippen MR) is 98.2 cm³/mol. The Hall–Kier alpha value is -2.75. The van der Waals surface area contributed by atoms with Crippen LogP contribution in [0.3, 0.4) is 0 Å². The zero-order valence-corrected chi connectivity index (χ0v) is 14.1. The summed E-state index contributed by atoms with van der Waals surface area (Å²) in [5.41, 5.74) is 2.99. The fourth-order valence-corrected chi connectivity index (χ4v) is 3.50. The fourth-order valence-electron chi connectivity index (χ4n) is 3.50. The summed E-state index contributed by atoms with van der Waals surface area (Å²) in [4.78, 5) is 23.5. The van der Waals surface area contributed by atoms with E-state index in [0.29, 0.717) is 12.3 Å². The Bertz CT molecular complexity index is 870. The lowest BCUT2D eigenvalue weighted by molar-refractivity contribution is -0.131. The highest BCUT2D eigenvalue weighted by Crippen LogP contribution is 2.28. The van der Waals surface area contributed by atoms with E-state index < -0.39 is 0 Å². The molecule has 3 aromatic rings. The Morgan fingerprint density at radius 1 is 1.00 bits per heavy atom. The topological polar surface area (TPSA) is 46.1 Å². The van der Waals surface area contributed by atoms with Crippen LogP contribution >= 0.6 is 0 Å². The van der Waals surface area contributed by atoms with Crippen LogP contribution in [0.15, 0.2) is 60.8 Å². The molecule has 0 bridgehead atoms. The third-order valence-corrected chi connectivity index (χ3v) is 4.95. The minimum absolute atomic E-state index is 0.220. The second-order valence-electron chi connectivity index (χ2n) is 6.60. The molecule has 0 aliphatic carbocycles. The number of carbonyl (C=O) groups excluding carboxylic acids is 1. The van der Waals surface area contributed by atoms with Gasteiger partial charge in [-0.05, 0) is 42.7 Å². The number of nitrogens with zero attached hydrogens (tertiary/aromatic N) is 3. The second-order valence-corrected chi connectivity index (χ2v) is 6.60. The molecule has 0 saturated carbocycles. The number of rotatable bonds is 3. The van der Waals surface area contributed by atoms with Gasteiger partial charge in [0.25, 0.3) is 0 Å². The van der Waals surface area contributed by atoms with Gasteiger partial charge in [0.2, 0.25) is 5.91 Å². The number of benzene rings is 1. The summed E-state index contributed by atoms with van der Waals surface area (Å²) in [6.07, 6.45) is 4.20. The molecule has 1 aromatic carbocycles. The number of amides is 1. The van der Waals surface area contributed by atoms with Gasteiger partial charge in [0.1, 0.15) is 0 Å². The van der Waals surface area contributed by atoms with Crippen LogP contribution in [0.2, 0.25) is 0 Å². The maximum Gasteiger partial charge on any atom is 0.226 e. The normalized spacial score (nSPS) is 15.4. The molecule has 0 unspecified atom stereocenters. The van der Waals surface area contributed by atoms with Crippen LogP contribution in [0.25, 0.3) is 11.0 Å². The first-order chi connectivity index (χ1) is 12.3. The number of aromatic nitrogens is 2. The van der Waals surface area contributed by atoms with Gasteiger partial charge in [-0.25, -0.2) is 9.97 Å². The van der Waals surface area contributed by atoms with Gasteiger partial charge in [0.05, 0.1) is 6.42 Å². The molecule has 1 aliphatic rings. The quantitative estimate of drug-likeness (QED) is 0.737. The molecule has 4 heteroatoms. The molecule has 0 spiro atoms. The van der Waals surface area contributed by atoms with E-state index in [4.69, 9.17) is 4.98 Å². The number of likely N-dealkylation sites (tertiary alicyclic amines) is 1. The molecule has 4 rings (SSSR count). The van der Waals surface area contributed by atoms with Crippen LogP contribution in [-0.4, -0.2) is 33.9 Å². The van der Waals surface area contributed by atoms with E-state index in [9.17, 15) is 4.79 Å². The molecule has 0 radical (unpaired) electrons. The molecular weight excluding hydrogens is 310 g/mol. The minimum Gasteiger partial charge on any atom is -0.342 e. The largest absolute Gasteiger partial charge is 0.342 e. The molecule has 0 atom stereocenters.